The number of ether oxygens (including phenoxy) is 1. The number of halogens is 4. The van der Waals surface area contributed by atoms with Crippen LogP contribution >= 0.6 is 23.4 Å². The number of methoxy groups -OCH3 is 1. The Morgan fingerprint density at radius 2 is 2.04 bits per heavy atom. The Labute approximate surface area is 160 Å². The fraction of sp³-hybridized carbons (Fsp3) is 0.188. The number of nitrogen functional groups attached to an aromatic ring is 1. The van der Waals surface area contributed by atoms with Gasteiger partial charge in [-0.25, -0.2) is 15.0 Å². The fourth-order valence-electron chi connectivity index (χ4n) is 2.10. The number of aromatic nitrogens is 3. The van der Waals surface area contributed by atoms with E-state index in [-0.39, 0.29) is 22.6 Å². The normalized spacial score (nSPS) is 11.6. The van der Waals surface area contributed by atoms with Gasteiger partial charge >= 0.3 is 6.18 Å². The van der Waals surface area contributed by atoms with Crippen molar-refractivity contribution in [3.05, 3.63) is 47.1 Å². The Morgan fingerprint density at radius 3 is 2.74 bits per heavy atom. The molecule has 6 nitrogen and oxygen atoms in total. The summed E-state index contributed by atoms with van der Waals surface area (Å²) in [5, 5.41) is 0.321. The van der Waals surface area contributed by atoms with Crippen LogP contribution in [0.2, 0.25) is 5.02 Å². The number of oxazole rings is 1. The second kappa shape index (κ2) is 7.65. The van der Waals surface area contributed by atoms with Gasteiger partial charge in [-0.05, 0) is 18.2 Å². The van der Waals surface area contributed by atoms with Crippen molar-refractivity contribution >= 4 is 29.2 Å². The summed E-state index contributed by atoms with van der Waals surface area (Å²) in [6, 6.07) is 5.73. The Hall–Kier alpha value is -2.46. The number of benzene rings is 1. The maximum atomic E-state index is 12.8. The summed E-state index contributed by atoms with van der Waals surface area (Å²) < 4.78 is 49.1. The average molecular weight is 417 g/mol. The standard InChI is InChI=1S/C16H12ClF3N4O2S/c1-25-8-2-3-10(17)9(4-8)11-6-22-14(26-11)7-27-15-23-12(16(18,19)20)5-13(21)24-15/h2-6H,7H2,1H3,(H2,21,23,24). The predicted molar refractivity (Wildman–Crippen MR) is 94.5 cm³/mol. The minimum Gasteiger partial charge on any atom is -0.497 e. The van der Waals surface area contributed by atoms with Crippen LogP contribution in [0.1, 0.15) is 11.6 Å². The van der Waals surface area contributed by atoms with Gasteiger partial charge in [-0.15, -0.1) is 0 Å². The first-order valence-corrected chi connectivity index (χ1v) is 8.76. The molecule has 0 spiro atoms. The van der Waals surface area contributed by atoms with Gasteiger partial charge in [-0.1, -0.05) is 23.4 Å². The minimum absolute atomic E-state index is 0.113. The van der Waals surface area contributed by atoms with Gasteiger partial charge in [-0.2, -0.15) is 13.2 Å². The smallest absolute Gasteiger partial charge is 0.433 e. The van der Waals surface area contributed by atoms with Crippen LogP contribution in [0.5, 0.6) is 5.75 Å². The number of hydrogen-bond acceptors (Lipinski definition) is 7. The van der Waals surface area contributed by atoms with Crippen LogP contribution in [0, 0.1) is 0 Å². The Morgan fingerprint density at radius 1 is 1.26 bits per heavy atom. The first-order valence-electron chi connectivity index (χ1n) is 7.39. The molecule has 11 heteroatoms. The van der Waals surface area contributed by atoms with Crippen molar-refractivity contribution in [2.75, 3.05) is 12.8 Å². The molecule has 0 atom stereocenters. The largest absolute Gasteiger partial charge is 0.497 e. The van der Waals surface area contributed by atoms with Crippen LogP contribution in [0.3, 0.4) is 0 Å². The zero-order chi connectivity index (χ0) is 19.6. The number of thioether (sulfide) groups is 1. The summed E-state index contributed by atoms with van der Waals surface area (Å²) in [7, 11) is 1.52. The molecule has 0 aliphatic rings. The summed E-state index contributed by atoms with van der Waals surface area (Å²) in [6.07, 6.45) is -3.14. The second-order valence-electron chi connectivity index (χ2n) is 5.21. The van der Waals surface area contributed by atoms with E-state index in [1.807, 2.05) is 0 Å². The van der Waals surface area contributed by atoms with Crippen LogP contribution in [0.15, 0.2) is 40.0 Å². The van der Waals surface area contributed by atoms with E-state index in [4.69, 9.17) is 26.5 Å². The molecule has 0 saturated heterocycles. The van der Waals surface area contributed by atoms with Gasteiger partial charge in [0.15, 0.2) is 16.6 Å². The van der Waals surface area contributed by atoms with Crippen LogP contribution in [-0.2, 0) is 11.9 Å². The van der Waals surface area contributed by atoms with Crippen LogP contribution in [-0.4, -0.2) is 22.1 Å². The van der Waals surface area contributed by atoms with Crippen molar-refractivity contribution in [3.8, 4) is 17.1 Å². The van der Waals surface area contributed by atoms with Crippen molar-refractivity contribution < 1.29 is 22.3 Å². The third kappa shape index (κ3) is 4.64. The van der Waals surface area contributed by atoms with Gasteiger partial charge in [0, 0.05) is 11.6 Å². The van der Waals surface area contributed by atoms with Gasteiger partial charge in [-0.3, -0.25) is 0 Å². The van der Waals surface area contributed by atoms with Crippen molar-refractivity contribution in [1.82, 2.24) is 15.0 Å². The van der Waals surface area contributed by atoms with Gasteiger partial charge in [0.05, 0.1) is 24.1 Å². The van der Waals surface area contributed by atoms with E-state index in [0.29, 0.717) is 28.2 Å². The monoisotopic (exact) mass is 416 g/mol. The summed E-state index contributed by atoms with van der Waals surface area (Å²) in [5.74, 6) is 1.11. The first-order chi connectivity index (χ1) is 12.8. The number of anilines is 1. The lowest BCUT2D eigenvalue weighted by molar-refractivity contribution is -0.141. The third-order valence-corrected chi connectivity index (χ3v) is 4.49. The molecule has 0 unspecified atom stereocenters. The van der Waals surface area contributed by atoms with Crippen molar-refractivity contribution in [2.45, 2.75) is 17.1 Å². The molecule has 0 aliphatic carbocycles. The summed E-state index contributed by atoms with van der Waals surface area (Å²) in [5.41, 5.74) is 4.90. The van der Waals surface area contributed by atoms with Gasteiger partial charge in [0.25, 0.3) is 0 Å². The molecule has 0 saturated carbocycles. The molecular weight excluding hydrogens is 405 g/mol. The Kier molecular flexibility index (Phi) is 5.47. The lowest BCUT2D eigenvalue weighted by Gasteiger charge is -2.07. The molecule has 3 rings (SSSR count). The van der Waals surface area contributed by atoms with Crippen molar-refractivity contribution in [1.29, 1.82) is 0 Å². The van der Waals surface area contributed by atoms with Gasteiger partial charge in [0.2, 0.25) is 5.89 Å². The molecule has 0 aliphatic heterocycles. The number of hydrogen-bond donors (Lipinski definition) is 1. The molecule has 27 heavy (non-hydrogen) atoms. The Bertz CT molecular complexity index is 965. The van der Waals surface area contributed by atoms with Crippen LogP contribution < -0.4 is 10.5 Å². The SMILES string of the molecule is COc1ccc(Cl)c(-c2cnc(CSc3nc(N)cc(C(F)(F)F)n3)o2)c1. The van der Waals surface area contributed by atoms with E-state index in [9.17, 15) is 13.2 Å². The summed E-state index contributed by atoms with van der Waals surface area (Å²) in [6.45, 7) is 0. The quantitative estimate of drug-likeness (QED) is 0.477. The first kappa shape index (κ1) is 19.3. The highest BCUT2D eigenvalue weighted by molar-refractivity contribution is 7.98. The van der Waals surface area contributed by atoms with Crippen molar-refractivity contribution in [2.24, 2.45) is 0 Å². The van der Waals surface area contributed by atoms with E-state index in [1.54, 1.807) is 18.2 Å². The minimum atomic E-state index is -4.61. The highest BCUT2D eigenvalue weighted by Crippen LogP contribution is 2.33. The maximum Gasteiger partial charge on any atom is 0.433 e. The van der Waals surface area contributed by atoms with Gasteiger partial charge < -0.3 is 14.9 Å². The molecule has 3 aromatic rings. The highest BCUT2D eigenvalue weighted by atomic mass is 35.5. The lowest BCUT2D eigenvalue weighted by Crippen LogP contribution is -2.10. The van der Waals surface area contributed by atoms with E-state index in [2.05, 4.69) is 15.0 Å². The zero-order valence-electron chi connectivity index (χ0n) is 13.7. The Balaban J connectivity index is 1.77. The van der Waals surface area contributed by atoms with Gasteiger partial charge in [0.1, 0.15) is 11.6 Å². The number of nitrogens with zero attached hydrogens (tertiary/aromatic N) is 3. The molecule has 2 aromatic heterocycles. The molecule has 1 aromatic carbocycles. The third-order valence-electron chi connectivity index (χ3n) is 3.33. The fourth-order valence-corrected chi connectivity index (χ4v) is 3.03. The number of alkyl halides is 3. The predicted octanol–water partition coefficient (Wildman–Crippen LogP) is 4.69. The second-order valence-corrected chi connectivity index (χ2v) is 6.56. The summed E-state index contributed by atoms with van der Waals surface area (Å²) >= 11 is 7.08. The number of rotatable bonds is 5. The van der Waals surface area contributed by atoms with E-state index >= 15 is 0 Å². The molecule has 0 amide bonds. The van der Waals surface area contributed by atoms with E-state index < -0.39 is 11.9 Å². The molecule has 142 valence electrons. The maximum absolute atomic E-state index is 12.8. The van der Waals surface area contributed by atoms with Crippen LogP contribution in [0.25, 0.3) is 11.3 Å². The lowest BCUT2D eigenvalue weighted by atomic mass is 10.2. The molecular formula is C16H12ClF3N4O2S. The number of nitrogens with two attached hydrogens (primary N) is 1. The highest BCUT2D eigenvalue weighted by Gasteiger charge is 2.33. The van der Waals surface area contributed by atoms with Crippen molar-refractivity contribution in [3.63, 3.8) is 0 Å². The topological polar surface area (TPSA) is 87.1 Å². The van der Waals surface area contributed by atoms with E-state index in [0.717, 1.165) is 11.8 Å². The zero-order valence-corrected chi connectivity index (χ0v) is 15.3. The van der Waals surface area contributed by atoms with E-state index in [1.165, 1.54) is 13.3 Å². The molecule has 2 heterocycles. The molecule has 0 bridgehead atoms. The average Bonchev–Trinajstić information content (AvgIpc) is 3.08. The summed E-state index contributed by atoms with van der Waals surface area (Å²) in [4.78, 5) is 11.4. The van der Waals surface area contributed by atoms with Crippen LogP contribution in [0.4, 0.5) is 19.0 Å². The molecule has 0 radical (unpaired) electrons. The molecule has 2 N–H and O–H groups in total. The molecule has 0 fully saturated rings.